The molecule has 0 aliphatic carbocycles. The summed E-state index contributed by atoms with van der Waals surface area (Å²) < 4.78 is 42.0. The van der Waals surface area contributed by atoms with Gasteiger partial charge in [0, 0.05) is 0 Å². The maximum absolute atomic E-state index is 12.8. The SMILES string of the molecule is COc1ccc(S(=O)(=O)N/N=C(/C)c2ccc(F)cc2)cc1. The summed E-state index contributed by atoms with van der Waals surface area (Å²) >= 11 is 0. The summed E-state index contributed by atoms with van der Waals surface area (Å²) in [5.41, 5.74) is 1.05. The lowest BCUT2D eigenvalue weighted by Gasteiger charge is -2.06. The van der Waals surface area contributed by atoms with Crippen molar-refractivity contribution in [2.24, 2.45) is 5.10 Å². The van der Waals surface area contributed by atoms with Crippen LogP contribution in [0.25, 0.3) is 0 Å². The van der Waals surface area contributed by atoms with Crippen molar-refractivity contribution in [3.8, 4) is 5.75 Å². The van der Waals surface area contributed by atoms with E-state index in [4.69, 9.17) is 4.74 Å². The van der Waals surface area contributed by atoms with Crippen LogP contribution < -0.4 is 9.57 Å². The molecule has 0 saturated heterocycles. The van der Waals surface area contributed by atoms with Crippen LogP contribution in [0.3, 0.4) is 0 Å². The number of hydrogen-bond acceptors (Lipinski definition) is 4. The zero-order valence-corrected chi connectivity index (χ0v) is 12.9. The molecule has 5 nitrogen and oxygen atoms in total. The first-order valence-corrected chi connectivity index (χ1v) is 7.87. The number of hydrogen-bond donors (Lipinski definition) is 1. The van der Waals surface area contributed by atoms with Crippen LogP contribution in [-0.2, 0) is 10.0 Å². The van der Waals surface area contributed by atoms with Crippen LogP contribution in [0.1, 0.15) is 12.5 Å². The molecule has 2 aromatic rings. The van der Waals surface area contributed by atoms with E-state index in [1.165, 1.54) is 43.5 Å². The summed E-state index contributed by atoms with van der Waals surface area (Å²) in [5, 5.41) is 3.84. The Labute approximate surface area is 128 Å². The predicted molar refractivity (Wildman–Crippen MR) is 81.9 cm³/mol. The van der Waals surface area contributed by atoms with Crippen molar-refractivity contribution in [2.45, 2.75) is 11.8 Å². The van der Waals surface area contributed by atoms with Crippen LogP contribution in [0.15, 0.2) is 58.5 Å². The molecule has 1 N–H and O–H groups in total. The van der Waals surface area contributed by atoms with Crippen molar-refractivity contribution in [2.75, 3.05) is 7.11 Å². The van der Waals surface area contributed by atoms with E-state index in [1.807, 2.05) is 0 Å². The zero-order valence-electron chi connectivity index (χ0n) is 12.1. The Bertz CT molecular complexity index is 769. The summed E-state index contributed by atoms with van der Waals surface area (Å²) in [6.45, 7) is 1.63. The average molecular weight is 322 g/mol. The van der Waals surface area contributed by atoms with Gasteiger partial charge in [-0.2, -0.15) is 18.4 Å². The van der Waals surface area contributed by atoms with Crippen LogP contribution >= 0.6 is 0 Å². The van der Waals surface area contributed by atoms with Gasteiger partial charge in [0.15, 0.2) is 0 Å². The number of nitrogens with one attached hydrogen (secondary N) is 1. The highest BCUT2D eigenvalue weighted by Gasteiger charge is 2.13. The smallest absolute Gasteiger partial charge is 0.276 e. The molecule has 0 spiro atoms. The predicted octanol–water partition coefficient (Wildman–Crippen LogP) is 2.54. The average Bonchev–Trinajstić information content (AvgIpc) is 2.53. The van der Waals surface area contributed by atoms with Gasteiger partial charge in [0.2, 0.25) is 0 Å². The monoisotopic (exact) mass is 322 g/mol. The standard InChI is InChI=1S/C15H15FN2O3S/c1-11(12-3-5-13(16)6-4-12)17-18-22(19,20)15-9-7-14(21-2)8-10-15/h3-10,18H,1-2H3/b17-11-. The van der Waals surface area contributed by atoms with Crippen molar-refractivity contribution >= 4 is 15.7 Å². The number of benzene rings is 2. The molecular weight excluding hydrogens is 307 g/mol. The maximum atomic E-state index is 12.8. The van der Waals surface area contributed by atoms with Gasteiger partial charge >= 0.3 is 0 Å². The molecule has 0 bridgehead atoms. The lowest BCUT2D eigenvalue weighted by molar-refractivity contribution is 0.414. The Kier molecular flexibility index (Phi) is 4.77. The van der Waals surface area contributed by atoms with Crippen molar-refractivity contribution in [3.05, 3.63) is 59.9 Å². The van der Waals surface area contributed by atoms with Crippen molar-refractivity contribution in [1.82, 2.24) is 4.83 Å². The summed E-state index contributed by atoms with van der Waals surface area (Å²) in [4.78, 5) is 2.22. The van der Waals surface area contributed by atoms with E-state index in [1.54, 1.807) is 19.1 Å². The molecule has 0 radical (unpaired) electrons. The van der Waals surface area contributed by atoms with E-state index in [-0.39, 0.29) is 10.7 Å². The summed E-state index contributed by atoms with van der Waals surface area (Å²) in [7, 11) is -2.27. The van der Waals surface area contributed by atoms with E-state index in [0.717, 1.165) is 0 Å². The number of nitrogens with zero attached hydrogens (tertiary/aromatic N) is 1. The molecule has 7 heteroatoms. The van der Waals surface area contributed by atoms with Gasteiger partial charge in [-0.3, -0.25) is 0 Å². The number of methoxy groups -OCH3 is 1. The molecule has 0 fully saturated rings. The fourth-order valence-electron chi connectivity index (χ4n) is 1.69. The summed E-state index contributed by atoms with van der Waals surface area (Å²) in [5.74, 6) is 0.195. The van der Waals surface area contributed by atoms with Gasteiger partial charge in [0.05, 0.1) is 17.7 Å². The molecule has 2 rings (SSSR count). The molecule has 0 aromatic heterocycles. The maximum Gasteiger partial charge on any atom is 0.276 e. The molecule has 0 aliphatic heterocycles. The van der Waals surface area contributed by atoms with Crippen LogP contribution in [0.2, 0.25) is 0 Å². The Balaban J connectivity index is 2.17. The summed E-state index contributed by atoms with van der Waals surface area (Å²) in [6, 6.07) is 11.5. The van der Waals surface area contributed by atoms with Gasteiger partial charge in [-0.25, -0.2) is 4.39 Å². The van der Waals surface area contributed by atoms with Gasteiger partial charge in [0.25, 0.3) is 10.0 Å². The first kappa shape index (κ1) is 16.0. The second-order valence-electron chi connectivity index (χ2n) is 4.47. The molecule has 22 heavy (non-hydrogen) atoms. The summed E-state index contributed by atoms with van der Waals surface area (Å²) in [6.07, 6.45) is 0. The fourth-order valence-corrected chi connectivity index (χ4v) is 2.55. The van der Waals surface area contributed by atoms with E-state index in [0.29, 0.717) is 17.0 Å². The molecule has 0 amide bonds. The van der Waals surface area contributed by atoms with Crippen LogP contribution in [0.4, 0.5) is 4.39 Å². The van der Waals surface area contributed by atoms with Gasteiger partial charge in [-0.15, -0.1) is 0 Å². The van der Waals surface area contributed by atoms with Crippen LogP contribution in [-0.4, -0.2) is 21.2 Å². The first-order chi connectivity index (χ1) is 10.4. The normalized spacial score (nSPS) is 12.0. The Morgan fingerprint density at radius 1 is 1.09 bits per heavy atom. The van der Waals surface area contributed by atoms with E-state index in [9.17, 15) is 12.8 Å². The van der Waals surface area contributed by atoms with Gasteiger partial charge in [0.1, 0.15) is 11.6 Å². The minimum absolute atomic E-state index is 0.0731. The molecule has 0 aliphatic rings. The number of hydrazone groups is 1. The Hall–Kier alpha value is -2.41. The topological polar surface area (TPSA) is 67.8 Å². The van der Waals surface area contributed by atoms with Gasteiger partial charge < -0.3 is 4.74 Å². The van der Waals surface area contributed by atoms with Gasteiger partial charge in [-0.05, 0) is 48.9 Å². The Morgan fingerprint density at radius 2 is 1.68 bits per heavy atom. The molecular formula is C15H15FN2O3S. The van der Waals surface area contributed by atoms with E-state index < -0.39 is 10.0 Å². The molecule has 2 aromatic carbocycles. The molecule has 0 atom stereocenters. The second-order valence-corrected chi connectivity index (χ2v) is 6.14. The lowest BCUT2D eigenvalue weighted by atomic mass is 10.1. The quantitative estimate of drug-likeness (QED) is 0.679. The zero-order chi connectivity index (χ0) is 16.2. The lowest BCUT2D eigenvalue weighted by Crippen LogP contribution is -2.19. The highest BCUT2D eigenvalue weighted by atomic mass is 32.2. The van der Waals surface area contributed by atoms with Crippen molar-refractivity contribution < 1.29 is 17.5 Å². The molecule has 116 valence electrons. The third kappa shape index (κ3) is 3.82. The number of halogens is 1. The number of sulfonamides is 1. The Morgan fingerprint density at radius 3 is 2.23 bits per heavy atom. The minimum Gasteiger partial charge on any atom is -0.497 e. The van der Waals surface area contributed by atoms with Gasteiger partial charge in [-0.1, -0.05) is 12.1 Å². The highest BCUT2D eigenvalue weighted by molar-refractivity contribution is 7.89. The largest absolute Gasteiger partial charge is 0.497 e. The third-order valence-corrected chi connectivity index (χ3v) is 4.19. The molecule has 0 heterocycles. The fraction of sp³-hybridized carbons (Fsp3) is 0.133. The van der Waals surface area contributed by atoms with Crippen LogP contribution in [0, 0.1) is 5.82 Å². The number of rotatable bonds is 5. The first-order valence-electron chi connectivity index (χ1n) is 6.38. The molecule has 0 unspecified atom stereocenters. The van der Waals surface area contributed by atoms with Crippen molar-refractivity contribution in [1.29, 1.82) is 0 Å². The third-order valence-electron chi connectivity index (χ3n) is 2.97. The minimum atomic E-state index is -3.76. The van der Waals surface area contributed by atoms with E-state index >= 15 is 0 Å². The number of ether oxygens (including phenoxy) is 1. The second kappa shape index (κ2) is 6.57. The van der Waals surface area contributed by atoms with E-state index in [2.05, 4.69) is 9.93 Å². The molecule has 0 saturated carbocycles. The highest BCUT2D eigenvalue weighted by Crippen LogP contribution is 2.15. The van der Waals surface area contributed by atoms with Crippen molar-refractivity contribution in [3.63, 3.8) is 0 Å². The van der Waals surface area contributed by atoms with Crippen LogP contribution in [0.5, 0.6) is 5.75 Å².